The number of carbonyl (C=O) groups is 1. The van der Waals surface area contributed by atoms with Crippen molar-refractivity contribution in [1.29, 1.82) is 0 Å². The molecule has 1 amide bonds. The summed E-state index contributed by atoms with van der Waals surface area (Å²) in [5, 5.41) is 5.85. The van der Waals surface area contributed by atoms with Crippen molar-refractivity contribution in [2.45, 2.75) is 45.0 Å². The highest BCUT2D eigenvalue weighted by Gasteiger charge is 2.30. The molecule has 0 bridgehead atoms. The highest BCUT2D eigenvalue weighted by atomic mass is 19.4. The number of nitrogens with one attached hydrogen (secondary N) is 3. The number of carbonyl (C=O) groups excluding carboxylic acids is 1. The number of H-pyrrole nitrogens is 1. The standard InChI is InChI=1S/C28H28F3N5O2/c1-16(2)25(27(37)35-15-28(29,30)31)36-20-7-19(11-32-12-20)24-14-34-26-23(24)10-22(13-33-26)38-21-8-17-5-3-4-6-18(17)9-21/h3-7,10-14,16,21,25,36H,8-9,15H2,1-2H3,(H,33,34)(H,35,37). The average Bonchev–Trinajstić information content (AvgIpc) is 3.48. The first kappa shape index (κ1) is 25.6. The van der Waals surface area contributed by atoms with E-state index >= 15 is 0 Å². The van der Waals surface area contributed by atoms with Gasteiger partial charge in [-0.1, -0.05) is 38.1 Å². The van der Waals surface area contributed by atoms with E-state index < -0.39 is 24.7 Å². The van der Waals surface area contributed by atoms with Crippen LogP contribution in [0.4, 0.5) is 18.9 Å². The van der Waals surface area contributed by atoms with Crippen LogP contribution in [0.5, 0.6) is 5.75 Å². The Bertz CT molecular complexity index is 1420. The van der Waals surface area contributed by atoms with Gasteiger partial charge in [0.1, 0.15) is 30.1 Å². The molecule has 0 spiro atoms. The zero-order chi connectivity index (χ0) is 26.9. The number of aromatic amines is 1. The summed E-state index contributed by atoms with van der Waals surface area (Å²) in [7, 11) is 0. The number of aromatic nitrogens is 3. The first-order valence-electron chi connectivity index (χ1n) is 12.4. The van der Waals surface area contributed by atoms with Crippen molar-refractivity contribution in [1.82, 2.24) is 20.3 Å². The molecule has 3 N–H and O–H groups in total. The van der Waals surface area contributed by atoms with Crippen LogP contribution in [0.15, 0.2) is 61.2 Å². The van der Waals surface area contributed by atoms with Crippen LogP contribution in [0.3, 0.4) is 0 Å². The second-order valence-corrected chi connectivity index (χ2v) is 9.85. The van der Waals surface area contributed by atoms with Crippen LogP contribution in [0, 0.1) is 5.92 Å². The Hall–Kier alpha value is -4.08. The van der Waals surface area contributed by atoms with E-state index in [1.807, 2.05) is 35.8 Å². The van der Waals surface area contributed by atoms with Gasteiger partial charge in [0.05, 0.1) is 11.9 Å². The van der Waals surface area contributed by atoms with Crippen LogP contribution in [-0.2, 0) is 17.6 Å². The number of hydrogen-bond donors (Lipinski definition) is 3. The highest BCUT2D eigenvalue weighted by Crippen LogP contribution is 2.32. The summed E-state index contributed by atoms with van der Waals surface area (Å²) in [6, 6.07) is 11.2. The van der Waals surface area contributed by atoms with Gasteiger partial charge in [0.15, 0.2) is 0 Å². The lowest BCUT2D eigenvalue weighted by atomic mass is 10.0. The number of nitrogens with zero attached hydrogens (tertiary/aromatic N) is 2. The number of alkyl halides is 3. The van der Waals surface area contributed by atoms with Gasteiger partial charge < -0.3 is 20.4 Å². The van der Waals surface area contributed by atoms with Gasteiger partial charge in [-0.2, -0.15) is 13.2 Å². The topological polar surface area (TPSA) is 91.9 Å². The molecule has 7 nitrogen and oxygen atoms in total. The maximum atomic E-state index is 12.6. The molecule has 0 fully saturated rings. The third-order valence-corrected chi connectivity index (χ3v) is 6.61. The Morgan fingerprint density at radius 3 is 2.55 bits per heavy atom. The molecule has 1 unspecified atom stereocenters. The van der Waals surface area contributed by atoms with Crippen molar-refractivity contribution in [3.8, 4) is 16.9 Å². The molecule has 4 aromatic rings. The van der Waals surface area contributed by atoms with E-state index in [0.717, 1.165) is 29.4 Å². The number of benzene rings is 1. The van der Waals surface area contributed by atoms with Gasteiger partial charge in [0, 0.05) is 47.9 Å². The van der Waals surface area contributed by atoms with Crippen molar-refractivity contribution in [3.05, 3.63) is 72.3 Å². The molecule has 0 saturated carbocycles. The zero-order valence-electron chi connectivity index (χ0n) is 21.0. The molecule has 0 radical (unpaired) electrons. The van der Waals surface area contributed by atoms with E-state index in [1.54, 1.807) is 26.2 Å². The van der Waals surface area contributed by atoms with Crippen LogP contribution in [0.25, 0.3) is 22.2 Å². The van der Waals surface area contributed by atoms with Crippen molar-refractivity contribution < 1.29 is 22.7 Å². The molecule has 3 aromatic heterocycles. The number of amides is 1. The molecule has 1 atom stereocenters. The minimum Gasteiger partial charge on any atom is -0.488 e. The third-order valence-electron chi connectivity index (χ3n) is 6.61. The maximum absolute atomic E-state index is 12.6. The normalized spacial score (nSPS) is 14.5. The average molecular weight is 524 g/mol. The summed E-state index contributed by atoms with van der Waals surface area (Å²) >= 11 is 0. The first-order valence-corrected chi connectivity index (χ1v) is 12.4. The van der Waals surface area contributed by atoms with Gasteiger partial charge in [-0.3, -0.25) is 9.78 Å². The molecule has 3 heterocycles. The molecular weight excluding hydrogens is 495 g/mol. The fourth-order valence-corrected chi connectivity index (χ4v) is 4.76. The van der Waals surface area contributed by atoms with Gasteiger partial charge in [-0.05, 0) is 29.2 Å². The van der Waals surface area contributed by atoms with Crippen molar-refractivity contribution >= 4 is 22.6 Å². The quantitative estimate of drug-likeness (QED) is 0.292. The number of pyridine rings is 2. The second-order valence-electron chi connectivity index (χ2n) is 9.85. The van der Waals surface area contributed by atoms with Gasteiger partial charge in [-0.25, -0.2) is 4.98 Å². The lowest BCUT2D eigenvalue weighted by Crippen LogP contribution is -2.46. The number of rotatable bonds is 8. The molecule has 1 aliphatic carbocycles. The van der Waals surface area contributed by atoms with E-state index in [1.165, 1.54) is 17.3 Å². The van der Waals surface area contributed by atoms with Crippen LogP contribution in [0.1, 0.15) is 25.0 Å². The van der Waals surface area contributed by atoms with Gasteiger partial charge in [-0.15, -0.1) is 0 Å². The van der Waals surface area contributed by atoms with Gasteiger partial charge in [0.2, 0.25) is 5.91 Å². The lowest BCUT2D eigenvalue weighted by molar-refractivity contribution is -0.139. The summed E-state index contributed by atoms with van der Waals surface area (Å²) in [6.45, 7) is 2.14. The lowest BCUT2D eigenvalue weighted by Gasteiger charge is -2.23. The van der Waals surface area contributed by atoms with Gasteiger partial charge >= 0.3 is 6.18 Å². The van der Waals surface area contributed by atoms with Crippen LogP contribution in [0.2, 0.25) is 0 Å². The van der Waals surface area contributed by atoms with E-state index in [0.29, 0.717) is 17.1 Å². The molecule has 1 aromatic carbocycles. The Kier molecular flexibility index (Phi) is 6.96. The number of halogens is 3. The largest absolute Gasteiger partial charge is 0.488 e. The predicted octanol–water partition coefficient (Wildman–Crippen LogP) is 5.29. The fraction of sp³-hybridized carbons (Fsp3) is 0.321. The Labute approximate surface area is 217 Å². The molecule has 5 rings (SSSR count). The Balaban J connectivity index is 1.34. The highest BCUT2D eigenvalue weighted by molar-refractivity contribution is 5.94. The molecule has 38 heavy (non-hydrogen) atoms. The summed E-state index contributed by atoms with van der Waals surface area (Å²) in [6.07, 6.45) is 4.00. The maximum Gasteiger partial charge on any atom is 0.405 e. The van der Waals surface area contributed by atoms with Crippen LogP contribution in [-0.4, -0.2) is 45.7 Å². The minimum atomic E-state index is -4.48. The molecule has 0 aliphatic heterocycles. The monoisotopic (exact) mass is 523 g/mol. The summed E-state index contributed by atoms with van der Waals surface area (Å²) in [5.41, 5.74) is 5.40. The molecular formula is C28H28F3N5O2. The first-order chi connectivity index (χ1) is 18.2. The van der Waals surface area contributed by atoms with E-state index in [-0.39, 0.29) is 12.0 Å². The fourth-order valence-electron chi connectivity index (χ4n) is 4.76. The van der Waals surface area contributed by atoms with Crippen molar-refractivity contribution in [2.24, 2.45) is 5.92 Å². The Morgan fingerprint density at radius 1 is 1.13 bits per heavy atom. The smallest absolute Gasteiger partial charge is 0.405 e. The van der Waals surface area contributed by atoms with Crippen LogP contribution < -0.4 is 15.4 Å². The van der Waals surface area contributed by atoms with Crippen molar-refractivity contribution in [2.75, 3.05) is 11.9 Å². The molecule has 1 aliphatic rings. The molecule has 0 saturated heterocycles. The minimum absolute atomic E-state index is 0.0414. The molecule has 10 heteroatoms. The van der Waals surface area contributed by atoms with E-state index in [2.05, 4.69) is 32.4 Å². The zero-order valence-corrected chi connectivity index (χ0v) is 21.0. The number of ether oxygens (including phenoxy) is 1. The Morgan fingerprint density at radius 2 is 1.87 bits per heavy atom. The predicted molar refractivity (Wildman–Crippen MR) is 139 cm³/mol. The number of anilines is 1. The molecule has 198 valence electrons. The SMILES string of the molecule is CC(C)C(Nc1cncc(-c2c[nH]c3ncc(OC4Cc5ccccc5C4)cc23)c1)C(=O)NCC(F)(F)F. The van der Waals surface area contributed by atoms with E-state index in [4.69, 9.17) is 4.74 Å². The summed E-state index contributed by atoms with van der Waals surface area (Å²) < 4.78 is 44.0. The third kappa shape index (κ3) is 5.74. The van der Waals surface area contributed by atoms with Gasteiger partial charge in [0.25, 0.3) is 0 Å². The van der Waals surface area contributed by atoms with E-state index in [9.17, 15) is 18.0 Å². The summed E-state index contributed by atoms with van der Waals surface area (Å²) in [5.74, 6) is -0.319. The summed E-state index contributed by atoms with van der Waals surface area (Å²) in [4.78, 5) is 24.4. The van der Waals surface area contributed by atoms with Crippen molar-refractivity contribution in [3.63, 3.8) is 0 Å². The second kappa shape index (κ2) is 10.4. The number of hydrogen-bond acceptors (Lipinski definition) is 5. The number of fused-ring (bicyclic) bond motifs is 2. The van der Waals surface area contributed by atoms with Crippen LogP contribution >= 0.6 is 0 Å².